The second kappa shape index (κ2) is 6.26. The van der Waals surface area contributed by atoms with E-state index >= 15 is 0 Å². The molecule has 0 fully saturated rings. The highest BCUT2D eigenvalue weighted by molar-refractivity contribution is 7.14. The number of carboxylic acids is 1. The minimum absolute atomic E-state index is 0.185. The summed E-state index contributed by atoms with van der Waals surface area (Å²) < 4.78 is 0. The Kier molecular flexibility index (Phi) is 4.43. The van der Waals surface area contributed by atoms with Crippen molar-refractivity contribution in [2.75, 3.05) is 0 Å². The summed E-state index contributed by atoms with van der Waals surface area (Å²) in [4.78, 5) is 27.5. The third-order valence-corrected chi connectivity index (χ3v) is 3.95. The van der Waals surface area contributed by atoms with Crippen LogP contribution in [0, 0.1) is 0 Å². The number of aliphatic carboxylic acids is 1. The zero-order valence-electron chi connectivity index (χ0n) is 9.70. The lowest BCUT2D eigenvalue weighted by Gasteiger charge is -1.99. The van der Waals surface area contributed by atoms with Crippen LogP contribution in [0.1, 0.15) is 19.6 Å². The van der Waals surface area contributed by atoms with Crippen LogP contribution in [0.2, 0.25) is 0 Å². The molecule has 2 N–H and O–H groups in total. The van der Waals surface area contributed by atoms with Crippen LogP contribution in [-0.4, -0.2) is 22.0 Å². The van der Waals surface area contributed by atoms with Crippen molar-refractivity contribution in [1.82, 2.24) is 10.3 Å². The number of hydrogen-bond acceptors (Lipinski definition) is 5. The lowest BCUT2D eigenvalue weighted by Crippen LogP contribution is -2.21. The van der Waals surface area contributed by atoms with E-state index in [0.717, 1.165) is 16.0 Å². The quantitative estimate of drug-likeness (QED) is 0.829. The molecule has 7 heteroatoms. The molecule has 0 saturated heterocycles. The first-order valence-electron chi connectivity index (χ1n) is 5.32. The van der Waals surface area contributed by atoms with Crippen LogP contribution >= 0.6 is 22.7 Å². The molecule has 0 radical (unpaired) electrons. The number of thiazole rings is 1. The largest absolute Gasteiger partial charge is 0.478 e. The lowest BCUT2D eigenvalue weighted by molar-refractivity contribution is -0.131. The van der Waals surface area contributed by atoms with Crippen molar-refractivity contribution in [2.45, 2.75) is 6.54 Å². The van der Waals surface area contributed by atoms with Gasteiger partial charge in [0, 0.05) is 22.5 Å². The minimum atomic E-state index is -1.01. The Balaban J connectivity index is 1.94. The van der Waals surface area contributed by atoms with Crippen LogP contribution < -0.4 is 5.32 Å². The molecule has 0 aliphatic carbocycles. The maximum Gasteiger partial charge on any atom is 0.328 e. The average molecular weight is 294 g/mol. The van der Waals surface area contributed by atoms with Gasteiger partial charge in [-0.05, 0) is 18.2 Å². The molecule has 0 unspecified atom stereocenters. The molecule has 0 spiro atoms. The predicted molar refractivity (Wildman–Crippen MR) is 74.3 cm³/mol. The van der Waals surface area contributed by atoms with E-state index in [1.807, 2.05) is 5.38 Å². The van der Waals surface area contributed by atoms with Crippen LogP contribution in [0.4, 0.5) is 0 Å². The Labute approximate surface area is 117 Å². The van der Waals surface area contributed by atoms with E-state index < -0.39 is 5.97 Å². The van der Waals surface area contributed by atoms with E-state index in [9.17, 15) is 9.59 Å². The van der Waals surface area contributed by atoms with Crippen molar-refractivity contribution in [3.8, 4) is 0 Å². The summed E-state index contributed by atoms with van der Waals surface area (Å²) in [6.45, 7) is 0.398. The van der Waals surface area contributed by atoms with Crippen LogP contribution in [0.25, 0.3) is 6.08 Å². The van der Waals surface area contributed by atoms with E-state index in [4.69, 9.17) is 5.11 Å². The fourth-order valence-corrected chi connectivity index (χ4v) is 2.68. The van der Waals surface area contributed by atoms with Gasteiger partial charge in [-0.25, -0.2) is 9.78 Å². The van der Waals surface area contributed by atoms with Gasteiger partial charge in [0.2, 0.25) is 0 Å². The van der Waals surface area contributed by atoms with E-state index in [-0.39, 0.29) is 5.91 Å². The number of carbonyl (C=O) groups is 2. The Bertz CT molecular complexity index is 602. The van der Waals surface area contributed by atoms with Crippen LogP contribution in [0.15, 0.2) is 29.8 Å². The van der Waals surface area contributed by atoms with Gasteiger partial charge < -0.3 is 10.4 Å². The van der Waals surface area contributed by atoms with Crippen molar-refractivity contribution >= 4 is 40.6 Å². The van der Waals surface area contributed by atoms with Gasteiger partial charge in [-0.3, -0.25) is 4.79 Å². The van der Waals surface area contributed by atoms with Gasteiger partial charge in [-0.15, -0.1) is 22.7 Å². The molecule has 1 amide bonds. The second-order valence-corrected chi connectivity index (χ2v) is 5.58. The standard InChI is InChI=1S/C12H10N2O3S2/c15-11(16)4-2-8-1-3-9(19-8)12(17)14-7-10-13-5-6-18-10/h1-6H,7H2,(H,14,17)(H,15,16)/b4-2+. The Morgan fingerprint density at radius 2 is 2.26 bits per heavy atom. The molecule has 19 heavy (non-hydrogen) atoms. The Hall–Kier alpha value is -1.99. The van der Waals surface area contributed by atoms with Gasteiger partial charge >= 0.3 is 5.97 Å². The summed E-state index contributed by atoms with van der Waals surface area (Å²) >= 11 is 2.72. The first kappa shape index (κ1) is 13.4. The lowest BCUT2D eigenvalue weighted by atomic mass is 10.4. The number of amides is 1. The van der Waals surface area contributed by atoms with Gasteiger partial charge in [0.05, 0.1) is 11.4 Å². The number of aromatic nitrogens is 1. The number of rotatable bonds is 5. The number of nitrogens with zero attached hydrogens (tertiary/aromatic N) is 1. The zero-order chi connectivity index (χ0) is 13.7. The van der Waals surface area contributed by atoms with Crippen LogP contribution in [0.5, 0.6) is 0 Å². The molecule has 2 rings (SSSR count). The maximum absolute atomic E-state index is 11.8. The molecule has 98 valence electrons. The minimum Gasteiger partial charge on any atom is -0.478 e. The van der Waals surface area contributed by atoms with E-state index in [1.54, 1.807) is 18.3 Å². The molecule has 2 heterocycles. The average Bonchev–Trinajstić information content (AvgIpc) is 3.04. The summed E-state index contributed by atoms with van der Waals surface area (Å²) in [5.74, 6) is -1.20. The molecule has 2 aromatic rings. The maximum atomic E-state index is 11.8. The Morgan fingerprint density at radius 3 is 2.95 bits per heavy atom. The number of carbonyl (C=O) groups excluding carboxylic acids is 1. The highest BCUT2D eigenvalue weighted by Crippen LogP contribution is 2.18. The molecule has 0 aromatic carbocycles. The van der Waals surface area contributed by atoms with Crippen molar-refractivity contribution in [1.29, 1.82) is 0 Å². The van der Waals surface area contributed by atoms with Crippen molar-refractivity contribution in [3.63, 3.8) is 0 Å². The van der Waals surface area contributed by atoms with Crippen molar-refractivity contribution < 1.29 is 14.7 Å². The molecule has 0 atom stereocenters. The molecule has 0 aliphatic rings. The van der Waals surface area contributed by atoms with E-state index in [1.165, 1.54) is 28.7 Å². The van der Waals surface area contributed by atoms with Crippen LogP contribution in [0.3, 0.4) is 0 Å². The van der Waals surface area contributed by atoms with E-state index in [2.05, 4.69) is 10.3 Å². The Morgan fingerprint density at radius 1 is 1.42 bits per heavy atom. The van der Waals surface area contributed by atoms with Crippen LogP contribution in [-0.2, 0) is 11.3 Å². The summed E-state index contributed by atoms with van der Waals surface area (Å²) in [7, 11) is 0. The number of thiophene rings is 1. The fraction of sp³-hybridized carbons (Fsp3) is 0.0833. The van der Waals surface area contributed by atoms with Gasteiger partial charge in [0.25, 0.3) is 5.91 Å². The number of carboxylic acid groups (broad SMARTS) is 1. The molecule has 0 aliphatic heterocycles. The van der Waals surface area contributed by atoms with Gasteiger partial charge in [0.15, 0.2) is 0 Å². The highest BCUT2D eigenvalue weighted by atomic mass is 32.1. The normalized spacial score (nSPS) is 10.7. The zero-order valence-corrected chi connectivity index (χ0v) is 11.3. The smallest absolute Gasteiger partial charge is 0.328 e. The van der Waals surface area contributed by atoms with Gasteiger partial charge in [-0.1, -0.05) is 0 Å². The number of nitrogens with one attached hydrogen (secondary N) is 1. The SMILES string of the molecule is O=C(O)/C=C/c1ccc(C(=O)NCc2nccs2)s1. The summed E-state index contributed by atoms with van der Waals surface area (Å²) in [6, 6.07) is 3.38. The van der Waals surface area contributed by atoms with Gasteiger partial charge in [0.1, 0.15) is 5.01 Å². The summed E-state index contributed by atoms with van der Waals surface area (Å²) in [5.41, 5.74) is 0. The second-order valence-electron chi connectivity index (χ2n) is 3.48. The topological polar surface area (TPSA) is 79.3 Å². The van der Waals surface area contributed by atoms with Gasteiger partial charge in [-0.2, -0.15) is 0 Å². The number of hydrogen-bond donors (Lipinski definition) is 2. The molecular formula is C12H10N2O3S2. The molecule has 5 nitrogen and oxygen atoms in total. The highest BCUT2D eigenvalue weighted by Gasteiger charge is 2.08. The fourth-order valence-electron chi connectivity index (χ4n) is 1.30. The third-order valence-electron chi connectivity index (χ3n) is 2.12. The summed E-state index contributed by atoms with van der Waals surface area (Å²) in [5, 5.41) is 14.0. The molecular weight excluding hydrogens is 284 g/mol. The van der Waals surface area contributed by atoms with Crippen molar-refractivity contribution in [3.05, 3.63) is 44.5 Å². The predicted octanol–water partition coefficient (Wildman–Crippen LogP) is 2.23. The molecule has 0 saturated carbocycles. The molecule has 0 bridgehead atoms. The monoisotopic (exact) mass is 294 g/mol. The summed E-state index contributed by atoms with van der Waals surface area (Å²) in [6.07, 6.45) is 4.19. The van der Waals surface area contributed by atoms with Crippen molar-refractivity contribution in [2.24, 2.45) is 0 Å². The molecule has 2 aromatic heterocycles. The first-order valence-corrected chi connectivity index (χ1v) is 7.02. The first-order chi connectivity index (χ1) is 9.15. The third kappa shape index (κ3) is 4.01. The van der Waals surface area contributed by atoms with E-state index in [0.29, 0.717) is 11.4 Å².